The van der Waals surface area contributed by atoms with Crippen molar-refractivity contribution in [3.63, 3.8) is 0 Å². The summed E-state index contributed by atoms with van der Waals surface area (Å²) in [5, 5.41) is 12.9. The largest absolute Gasteiger partial charge is 0.497 e. The van der Waals surface area contributed by atoms with Gasteiger partial charge in [-0.2, -0.15) is 5.26 Å². The average Bonchev–Trinajstić information content (AvgIpc) is 3.25. The van der Waals surface area contributed by atoms with Crippen LogP contribution >= 0.6 is 11.8 Å². The molecule has 1 aliphatic rings. The quantitative estimate of drug-likeness (QED) is 0.316. The van der Waals surface area contributed by atoms with Crippen molar-refractivity contribution in [1.29, 1.82) is 5.26 Å². The number of benzene rings is 3. The first kappa shape index (κ1) is 26.1. The number of carbonyl (C=O) groups is 2. The molecule has 0 saturated carbocycles. The number of methoxy groups -OCH3 is 1. The van der Waals surface area contributed by atoms with Crippen molar-refractivity contribution in [3.8, 4) is 11.8 Å². The van der Waals surface area contributed by atoms with Crippen LogP contribution in [0.25, 0.3) is 0 Å². The number of nitrogens with one attached hydrogen (secondary N) is 1. The summed E-state index contributed by atoms with van der Waals surface area (Å²) in [5.74, 6) is -0.0296. The first-order valence-electron chi connectivity index (χ1n) is 12.2. The maximum absolute atomic E-state index is 13.7. The summed E-state index contributed by atoms with van der Waals surface area (Å²) in [6.45, 7) is 3.96. The number of rotatable bonds is 8. The molecule has 1 saturated heterocycles. The highest BCUT2D eigenvalue weighted by atomic mass is 32.2. The van der Waals surface area contributed by atoms with Crippen LogP contribution in [0.1, 0.15) is 36.6 Å². The molecule has 0 radical (unpaired) electrons. The van der Waals surface area contributed by atoms with Crippen LogP contribution in [0.5, 0.6) is 5.75 Å². The maximum Gasteiger partial charge on any atom is 0.265 e. The van der Waals surface area contributed by atoms with Crippen LogP contribution in [0.15, 0.2) is 89.5 Å². The number of nitriles is 1. The predicted molar refractivity (Wildman–Crippen MR) is 147 cm³/mol. The lowest BCUT2D eigenvalue weighted by Gasteiger charge is -2.20. The molecule has 2 atom stereocenters. The number of amides is 2. The summed E-state index contributed by atoms with van der Waals surface area (Å²) in [6, 6.07) is 26.5. The Balaban J connectivity index is 1.68. The molecule has 1 N–H and O–H groups in total. The average molecular weight is 512 g/mol. The maximum atomic E-state index is 13.7. The molecule has 1 heterocycles. The molecule has 0 spiro atoms. The third-order valence-electron chi connectivity index (χ3n) is 6.34. The second-order valence-electron chi connectivity index (χ2n) is 8.75. The summed E-state index contributed by atoms with van der Waals surface area (Å²) >= 11 is 1.26. The molecule has 7 heteroatoms. The van der Waals surface area contributed by atoms with E-state index in [1.807, 2.05) is 49.4 Å². The molecule has 4 rings (SSSR count). The van der Waals surface area contributed by atoms with Gasteiger partial charge in [-0.3, -0.25) is 14.5 Å². The van der Waals surface area contributed by atoms with Crippen LogP contribution in [0, 0.1) is 11.3 Å². The molecule has 1 fully saturated rings. The third kappa shape index (κ3) is 5.87. The first-order valence-corrected chi connectivity index (χ1v) is 13.1. The van der Waals surface area contributed by atoms with Gasteiger partial charge in [0.1, 0.15) is 22.4 Å². The van der Waals surface area contributed by atoms with E-state index in [0.29, 0.717) is 22.9 Å². The number of thioether (sulfide) groups is 1. The van der Waals surface area contributed by atoms with Gasteiger partial charge in [-0.1, -0.05) is 73.3 Å². The van der Waals surface area contributed by atoms with Gasteiger partial charge >= 0.3 is 0 Å². The van der Waals surface area contributed by atoms with E-state index in [0.717, 1.165) is 17.5 Å². The zero-order valence-corrected chi connectivity index (χ0v) is 21.9. The van der Waals surface area contributed by atoms with Gasteiger partial charge in [-0.15, -0.1) is 0 Å². The zero-order chi connectivity index (χ0) is 26.4. The molecule has 1 aliphatic heterocycles. The fourth-order valence-corrected chi connectivity index (χ4v) is 5.48. The lowest BCUT2D eigenvalue weighted by Crippen LogP contribution is -2.32. The Hall–Kier alpha value is -4.02. The van der Waals surface area contributed by atoms with Gasteiger partial charge in [0.05, 0.1) is 18.4 Å². The van der Waals surface area contributed by atoms with Gasteiger partial charge in [-0.05, 0) is 60.7 Å². The Labute approximate surface area is 221 Å². The van der Waals surface area contributed by atoms with Gasteiger partial charge < -0.3 is 10.1 Å². The SMILES string of the molecule is CCc1ccc(CC2S/C(=C(/C#N)C(=O)NC(C)c3ccccc3)N(c3ccc(OC)cc3)C2=O)cc1. The Kier molecular flexibility index (Phi) is 8.32. The van der Waals surface area contributed by atoms with Gasteiger partial charge in [0.25, 0.3) is 5.91 Å². The molecule has 0 bridgehead atoms. The molecular formula is C30H29N3O3S. The second kappa shape index (κ2) is 11.8. The minimum atomic E-state index is -0.513. The Morgan fingerprint density at radius 3 is 2.30 bits per heavy atom. The van der Waals surface area contributed by atoms with Crippen molar-refractivity contribution in [2.45, 2.75) is 38.0 Å². The molecule has 3 aromatic carbocycles. The number of nitrogens with zero attached hydrogens (tertiary/aromatic N) is 2. The van der Waals surface area contributed by atoms with Crippen molar-refractivity contribution in [2.75, 3.05) is 12.0 Å². The predicted octanol–water partition coefficient (Wildman–Crippen LogP) is 5.56. The summed E-state index contributed by atoms with van der Waals surface area (Å²) in [4.78, 5) is 28.5. The molecule has 2 amide bonds. The van der Waals surface area contributed by atoms with Gasteiger partial charge in [0, 0.05) is 5.69 Å². The molecular weight excluding hydrogens is 482 g/mol. The van der Waals surface area contributed by atoms with Crippen LogP contribution in [-0.4, -0.2) is 24.2 Å². The normalized spacial score (nSPS) is 17.2. The zero-order valence-electron chi connectivity index (χ0n) is 21.1. The van der Waals surface area contributed by atoms with Gasteiger partial charge in [0.2, 0.25) is 5.91 Å². The molecule has 3 aromatic rings. The van der Waals surface area contributed by atoms with E-state index in [1.165, 1.54) is 22.2 Å². The Bertz CT molecular complexity index is 1330. The highest BCUT2D eigenvalue weighted by molar-refractivity contribution is 8.05. The van der Waals surface area contributed by atoms with Gasteiger partial charge in [-0.25, -0.2) is 0 Å². The number of hydrogen-bond donors (Lipinski definition) is 1. The number of hydrogen-bond acceptors (Lipinski definition) is 5. The number of anilines is 1. The smallest absolute Gasteiger partial charge is 0.265 e. The van der Waals surface area contributed by atoms with E-state index >= 15 is 0 Å². The van der Waals surface area contributed by atoms with Crippen molar-refractivity contribution in [2.24, 2.45) is 0 Å². The minimum absolute atomic E-state index is 0.0826. The van der Waals surface area contributed by atoms with Crippen molar-refractivity contribution >= 4 is 29.3 Å². The second-order valence-corrected chi connectivity index (χ2v) is 9.94. The first-order chi connectivity index (χ1) is 17.9. The lowest BCUT2D eigenvalue weighted by atomic mass is 10.1. The van der Waals surface area contributed by atoms with E-state index in [4.69, 9.17) is 4.74 Å². The highest BCUT2D eigenvalue weighted by Gasteiger charge is 2.41. The third-order valence-corrected chi connectivity index (χ3v) is 7.60. The Morgan fingerprint density at radius 1 is 1.05 bits per heavy atom. The molecule has 188 valence electrons. The fraction of sp³-hybridized carbons (Fsp3) is 0.233. The lowest BCUT2D eigenvalue weighted by molar-refractivity contribution is -0.117. The van der Waals surface area contributed by atoms with E-state index < -0.39 is 11.2 Å². The van der Waals surface area contributed by atoms with Crippen LogP contribution in [0.4, 0.5) is 5.69 Å². The molecule has 0 aromatic heterocycles. The van der Waals surface area contributed by atoms with E-state index in [9.17, 15) is 14.9 Å². The fourth-order valence-electron chi connectivity index (χ4n) is 4.17. The van der Waals surface area contributed by atoms with Crippen LogP contribution in [0.2, 0.25) is 0 Å². The monoisotopic (exact) mass is 511 g/mol. The van der Waals surface area contributed by atoms with E-state index in [1.54, 1.807) is 31.4 Å². The van der Waals surface area contributed by atoms with E-state index in [-0.39, 0.29) is 17.5 Å². The van der Waals surface area contributed by atoms with Crippen molar-refractivity contribution in [3.05, 3.63) is 106 Å². The summed E-state index contributed by atoms with van der Waals surface area (Å²) in [5.41, 5.74) is 3.67. The number of ether oxygens (including phenoxy) is 1. The summed E-state index contributed by atoms with van der Waals surface area (Å²) in [6.07, 6.45) is 1.43. The molecule has 6 nitrogen and oxygen atoms in total. The van der Waals surface area contributed by atoms with Crippen molar-refractivity contribution < 1.29 is 14.3 Å². The van der Waals surface area contributed by atoms with E-state index in [2.05, 4.69) is 30.4 Å². The topological polar surface area (TPSA) is 82.4 Å². The number of aryl methyl sites for hydroxylation is 1. The molecule has 2 unspecified atom stereocenters. The van der Waals surface area contributed by atoms with Crippen LogP contribution in [-0.2, 0) is 22.4 Å². The standard InChI is InChI=1S/C30H29N3O3S/c1-4-21-10-12-22(13-11-21)18-27-29(35)33(24-14-16-25(36-3)17-15-24)30(37-27)26(19-31)28(34)32-20(2)23-8-6-5-7-9-23/h5-17,20,27H,4,18H2,1-3H3,(H,32,34)/b30-26-. The van der Waals surface area contributed by atoms with Crippen molar-refractivity contribution in [1.82, 2.24) is 5.32 Å². The summed E-state index contributed by atoms with van der Waals surface area (Å²) in [7, 11) is 1.57. The minimum Gasteiger partial charge on any atom is -0.497 e. The Morgan fingerprint density at radius 2 is 1.70 bits per heavy atom. The number of carbonyl (C=O) groups excluding carboxylic acids is 2. The van der Waals surface area contributed by atoms with Crippen LogP contribution in [0.3, 0.4) is 0 Å². The van der Waals surface area contributed by atoms with Gasteiger partial charge in [0.15, 0.2) is 0 Å². The molecule has 0 aliphatic carbocycles. The molecule has 37 heavy (non-hydrogen) atoms. The highest BCUT2D eigenvalue weighted by Crippen LogP contribution is 2.42. The summed E-state index contributed by atoms with van der Waals surface area (Å²) < 4.78 is 5.26. The van der Waals surface area contributed by atoms with Crippen LogP contribution < -0.4 is 15.0 Å².